The fourth-order valence-electron chi connectivity index (χ4n) is 2.97. The van der Waals surface area contributed by atoms with E-state index >= 15 is 0 Å². The van der Waals surface area contributed by atoms with Gasteiger partial charge in [0, 0.05) is 16.7 Å². The summed E-state index contributed by atoms with van der Waals surface area (Å²) in [5.41, 5.74) is 1.71. The van der Waals surface area contributed by atoms with Crippen LogP contribution in [0.25, 0.3) is 0 Å². The van der Waals surface area contributed by atoms with E-state index in [-0.39, 0.29) is 17.9 Å². The van der Waals surface area contributed by atoms with Gasteiger partial charge in [-0.3, -0.25) is 9.59 Å². The molecule has 1 aliphatic rings. The number of nitrogens with one attached hydrogen (secondary N) is 1. The van der Waals surface area contributed by atoms with Gasteiger partial charge in [-0.05, 0) is 42.7 Å². The van der Waals surface area contributed by atoms with Gasteiger partial charge in [0.15, 0.2) is 0 Å². The highest BCUT2D eigenvalue weighted by Gasteiger charge is 2.33. The van der Waals surface area contributed by atoms with Crippen LogP contribution in [0.1, 0.15) is 18.4 Å². The summed E-state index contributed by atoms with van der Waals surface area (Å²) in [4.78, 5) is 26.8. The first-order valence-electron chi connectivity index (χ1n) is 8.03. The summed E-state index contributed by atoms with van der Waals surface area (Å²) in [6, 6.07) is 16.7. The maximum atomic E-state index is 12.6. The van der Waals surface area contributed by atoms with Crippen molar-refractivity contribution in [1.82, 2.24) is 4.90 Å². The summed E-state index contributed by atoms with van der Waals surface area (Å²) in [5, 5.41) is 2.91. The van der Waals surface area contributed by atoms with Crippen LogP contribution in [0.15, 0.2) is 59.1 Å². The van der Waals surface area contributed by atoms with E-state index < -0.39 is 0 Å². The van der Waals surface area contributed by atoms with Crippen LogP contribution in [-0.4, -0.2) is 29.3 Å². The predicted octanol–water partition coefficient (Wildman–Crippen LogP) is 3.62. The molecule has 2 aromatic rings. The Kier molecular flexibility index (Phi) is 5.30. The topological polar surface area (TPSA) is 49.4 Å². The van der Waals surface area contributed by atoms with E-state index in [0.717, 1.165) is 22.1 Å². The van der Waals surface area contributed by atoms with Gasteiger partial charge in [-0.15, -0.1) is 0 Å². The zero-order chi connectivity index (χ0) is 16.9. The Labute approximate surface area is 150 Å². The summed E-state index contributed by atoms with van der Waals surface area (Å²) in [6.07, 6.45) is 1.91. The summed E-state index contributed by atoms with van der Waals surface area (Å²) >= 11 is 3.37. The third-order valence-corrected chi connectivity index (χ3v) is 4.71. The number of rotatable bonds is 4. The second-order valence-electron chi connectivity index (χ2n) is 5.90. The van der Waals surface area contributed by atoms with Gasteiger partial charge in [0.05, 0.1) is 6.42 Å². The van der Waals surface area contributed by atoms with Crippen molar-refractivity contribution in [2.45, 2.75) is 25.3 Å². The van der Waals surface area contributed by atoms with E-state index in [4.69, 9.17) is 0 Å². The number of carbonyl (C=O) groups excluding carboxylic acids is 2. The van der Waals surface area contributed by atoms with Crippen LogP contribution in [0.4, 0.5) is 5.69 Å². The zero-order valence-electron chi connectivity index (χ0n) is 13.2. The molecule has 5 heteroatoms. The smallest absolute Gasteiger partial charge is 0.247 e. The minimum Gasteiger partial charge on any atom is -0.330 e. The first kappa shape index (κ1) is 16.7. The van der Waals surface area contributed by atoms with Gasteiger partial charge in [0.1, 0.15) is 6.04 Å². The maximum Gasteiger partial charge on any atom is 0.247 e. The number of likely N-dealkylation sites (tertiary alicyclic amines) is 1. The molecule has 1 saturated heterocycles. The largest absolute Gasteiger partial charge is 0.330 e. The number of benzene rings is 2. The number of hydrogen-bond acceptors (Lipinski definition) is 2. The number of carbonyl (C=O) groups is 2. The lowest BCUT2D eigenvalue weighted by molar-refractivity contribution is -0.136. The Bertz CT molecular complexity index is 716. The third-order valence-electron chi connectivity index (χ3n) is 4.19. The van der Waals surface area contributed by atoms with Crippen LogP contribution in [0.5, 0.6) is 0 Å². The standard InChI is InChI=1S/C19H19BrN2O2/c20-15-8-10-16(11-9-15)21-19(24)17-7-4-12-22(17)18(23)13-14-5-2-1-3-6-14/h1-3,5-6,8-11,17H,4,7,12-13H2,(H,21,24)/t17-/m0/s1. The lowest BCUT2D eigenvalue weighted by Gasteiger charge is -2.24. The lowest BCUT2D eigenvalue weighted by Crippen LogP contribution is -2.43. The Morgan fingerprint density at radius 3 is 2.50 bits per heavy atom. The predicted molar refractivity (Wildman–Crippen MR) is 97.7 cm³/mol. The van der Waals surface area contributed by atoms with E-state index in [1.54, 1.807) is 4.90 Å². The lowest BCUT2D eigenvalue weighted by atomic mass is 10.1. The summed E-state index contributed by atoms with van der Waals surface area (Å²) in [7, 11) is 0. The molecule has 124 valence electrons. The molecule has 0 unspecified atom stereocenters. The second kappa shape index (κ2) is 7.62. The fraction of sp³-hybridized carbons (Fsp3) is 0.263. The van der Waals surface area contributed by atoms with Crippen molar-refractivity contribution in [3.8, 4) is 0 Å². The van der Waals surface area contributed by atoms with E-state index in [1.807, 2.05) is 54.6 Å². The van der Waals surface area contributed by atoms with Crippen LogP contribution in [0, 0.1) is 0 Å². The zero-order valence-corrected chi connectivity index (χ0v) is 14.8. The molecule has 0 aliphatic carbocycles. The van der Waals surface area contributed by atoms with Crippen molar-refractivity contribution < 1.29 is 9.59 Å². The first-order chi connectivity index (χ1) is 11.6. The minimum atomic E-state index is -0.384. The molecule has 0 radical (unpaired) electrons. The van der Waals surface area contributed by atoms with Gasteiger partial charge >= 0.3 is 0 Å². The van der Waals surface area contributed by atoms with E-state index in [9.17, 15) is 9.59 Å². The molecule has 3 rings (SSSR count). The van der Waals surface area contributed by atoms with Gasteiger partial charge in [0.2, 0.25) is 11.8 Å². The molecule has 1 aliphatic heterocycles. The van der Waals surface area contributed by atoms with Crippen molar-refractivity contribution in [3.63, 3.8) is 0 Å². The Morgan fingerprint density at radius 1 is 1.08 bits per heavy atom. The van der Waals surface area contributed by atoms with E-state index in [2.05, 4.69) is 21.2 Å². The number of halogens is 1. The van der Waals surface area contributed by atoms with E-state index in [1.165, 1.54) is 0 Å². The molecular formula is C19H19BrN2O2. The third kappa shape index (κ3) is 4.03. The molecule has 0 spiro atoms. The van der Waals surface area contributed by atoms with Crippen molar-refractivity contribution in [1.29, 1.82) is 0 Å². The van der Waals surface area contributed by atoms with E-state index in [0.29, 0.717) is 19.4 Å². The average Bonchev–Trinajstić information content (AvgIpc) is 3.08. The monoisotopic (exact) mass is 386 g/mol. The molecule has 0 bridgehead atoms. The van der Waals surface area contributed by atoms with Crippen LogP contribution < -0.4 is 5.32 Å². The van der Waals surface area contributed by atoms with Gasteiger partial charge < -0.3 is 10.2 Å². The molecule has 2 amide bonds. The number of anilines is 1. The minimum absolute atomic E-state index is 0.00894. The fourth-order valence-corrected chi connectivity index (χ4v) is 3.23. The Balaban J connectivity index is 1.65. The highest BCUT2D eigenvalue weighted by Crippen LogP contribution is 2.21. The normalized spacial score (nSPS) is 16.9. The van der Waals surface area contributed by atoms with Crippen LogP contribution in [-0.2, 0) is 16.0 Å². The van der Waals surface area contributed by atoms with Gasteiger partial charge in [-0.1, -0.05) is 46.3 Å². The highest BCUT2D eigenvalue weighted by molar-refractivity contribution is 9.10. The van der Waals surface area contributed by atoms with Gasteiger partial charge in [-0.2, -0.15) is 0 Å². The molecule has 0 saturated carbocycles. The summed E-state index contributed by atoms with van der Waals surface area (Å²) < 4.78 is 0.959. The summed E-state index contributed by atoms with van der Waals surface area (Å²) in [6.45, 7) is 0.643. The second-order valence-corrected chi connectivity index (χ2v) is 6.82. The average molecular weight is 387 g/mol. The van der Waals surface area contributed by atoms with Crippen LogP contribution >= 0.6 is 15.9 Å². The quantitative estimate of drug-likeness (QED) is 0.871. The number of nitrogens with zero attached hydrogens (tertiary/aromatic N) is 1. The SMILES string of the molecule is O=C(Nc1ccc(Br)cc1)[C@@H]1CCCN1C(=O)Cc1ccccc1. The molecule has 1 heterocycles. The molecule has 1 fully saturated rings. The first-order valence-corrected chi connectivity index (χ1v) is 8.82. The van der Waals surface area contributed by atoms with Crippen molar-refractivity contribution in [2.75, 3.05) is 11.9 Å². The molecule has 1 N–H and O–H groups in total. The number of amides is 2. The van der Waals surface area contributed by atoms with Gasteiger partial charge in [-0.25, -0.2) is 0 Å². The van der Waals surface area contributed by atoms with Crippen molar-refractivity contribution >= 4 is 33.4 Å². The number of hydrogen-bond donors (Lipinski definition) is 1. The van der Waals surface area contributed by atoms with Crippen LogP contribution in [0.2, 0.25) is 0 Å². The van der Waals surface area contributed by atoms with Crippen LogP contribution in [0.3, 0.4) is 0 Å². The van der Waals surface area contributed by atoms with Crippen molar-refractivity contribution in [3.05, 3.63) is 64.6 Å². The molecule has 0 aromatic heterocycles. The Morgan fingerprint density at radius 2 is 1.79 bits per heavy atom. The molecule has 4 nitrogen and oxygen atoms in total. The molecule has 24 heavy (non-hydrogen) atoms. The molecule has 1 atom stereocenters. The Hall–Kier alpha value is -2.14. The summed E-state index contributed by atoms with van der Waals surface area (Å²) in [5.74, 6) is -0.106. The molecule has 2 aromatic carbocycles. The highest BCUT2D eigenvalue weighted by atomic mass is 79.9. The van der Waals surface area contributed by atoms with Gasteiger partial charge in [0.25, 0.3) is 0 Å². The molecular weight excluding hydrogens is 368 g/mol. The maximum absolute atomic E-state index is 12.6. The van der Waals surface area contributed by atoms with Crippen molar-refractivity contribution in [2.24, 2.45) is 0 Å².